The molecule has 8 nitrogen and oxygen atoms in total. The smallest absolute Gasteiger partial charge is 0.305 e. The fourth-order valence-electron chi connectivity index (χ4n) is 3.61. The monoisotopic (exact) mass is 504 g/mol. The predicted octanol–water partition coefficient (Wildman–Crippen LogP) is 5.89. The van der Waals surface area contributed by atoms with Gasteiger partial charge < -0.3 is 4.74 Å². The number of nitro benzene ring substituents is 2. The van der Waals surface area contributed by atoms with Crippen molar-refractivity contribution in [2.45, 2.75) is 0 Å². The molecule has 0 aromatic heterocycles. The van der Waals surface area contributed by atoms with Crippen LogP contribution in [0.15, 0.2) is 96.3 Å². The number of hydrogen-bond donors (Lipinski definition) is 0. The van der Waals surface area contributed by atoms with Gasteiger partial charge in [0.05, 0.1) is 9.85 Å². The van der Waals surface area contributed by atoms with Crippen LogP contribution in [-0.2, 0) is 4.74 Å². The first kappa shape index (κ1) is 25.1. The van der Waals surface area contributed by atoms with Gasteiger partial charge in [0.1, 0.15) is 25.6 Å². The Kier molecular flexibility index (Phi) is 7.01. The van der Waals surface area contributed by atoms with Gasteiger partial charge in [-0.3, -0.25) is 20.2 Å². The normalized spacial score (nSPS) is 15.7. The first-order valence-corrected chi connectivity index (χ1v) is 10.9. The van der Waals surface area contributed by atoms with Crippen LogP contribution in [0.2, 0.25) is 0 Å². The maximum atomic E-state index is 13.9. The molecule has 1 aliphatic heterocycles. The molecule has 0 saturated carbocycles. The molecular weight excluding hydrogens is 484 g/mol. The molecule has 0 radical (unpaired) electrons. The molecule has 4 rings (SSSR count). The van der Waals surface area contributed by atoms with Gasteiger partial charge in [-0.1, -0.05) is 12.1 Å². The Morgan fingerprint density at radius 3 is 1.92 bits per heavy atom. The van der Waals surface area contributed by atoms with Gasteiger partial charge in [-0.15, -0.1) is 0 Å². The molecule has 0 amide bonds. The Labute approximate surface area is 210 Å². The summed E-state index contributed by atoms with van der Waals surface area (Å²) >= 11 is 0. The van der Waals surface area contributed by atoms with E-state index in [4.69, 9.17) is 4.74 Å². The number of hydrogen-bond acceptors (Lipinski definition) is 5. The highest BCUT2D eigenvalue weighted by molar-refractivity contribution is 6.02. The van der Waals surface area contributed by atoms with E-state index in [1.54, 1.807) is 18.2 Å². The lowest BCUT2D eigenvalue weighted by atomic mass is 9.99. The lowest BCUT2D eigenvalue weighted by Crippen LogP contribution is -2.09. The molecule has 0 bridgehead atoms. The van der Waals surface area contributed by atoms with Crippen molar-refractivity contribution < 1.29 is 27.9 Å². The third-order valence-electron chi connectivity index (χ3n) is 5.57. The zero-order chi connectivity index (χ0) is 26.7. The van der Waals surface area contributed by atoms with E-state index in [1.807, 2.05) is 43.0 Å². The minimum absolute atomic E-state index is 0.148. The average molecular weight is 504 g/mol. The number of ether oxygens (including phenoxy) is 1. The molecule has 10 heteroatoms. The number of nitrogens with zero attached hydrogens (tertiary/aromatic N) is 3. The Balaban J connectivity index is 1.79. The Morgan fingerprint density at radius 2 is 1.35 bits per heavy atom. The summed E-state index contributed by atoms with van der Waals surface area (Å²) in [6.07, 6.45) is 14.2. The van der Waals surface area contributed by atoms with Crippen LogP contribution in [0.3, 0.4) is 0 Å². The molecule has 2 aromatic rings. The van der Waals surface area contributed by atoms with Crippen LogP contribution in [0.4, 0.5) is 20.2 Å². The predicted molar refractivity (Wildman–Crippen MR) is 135 cm³/mol. The van der Waals surface area contributed by atoms with Crippen molar-refractivity contribution in [1.82, 2.24) is 0 Å². The molecule has 0 fully saturated rings. The van der Waals surface area contributed by atoms with E-state index in [1.165, 1.54) is 18.2 Å². The molecule has 0 saturated heterocycles. The van der Waals surface area contributed by atoms with Gasteiger partial charge >= 0.3 is 11.4 Å². The molecule has 0 unspecified atom stereocenters. The molecule has 0 atom stereocenters. The lowest BCUT2D eigenvalue weighted by Gasteiger charge is -2.18. The number of rotatable bonds is 5. The van der Waals surface area contributed by atoms with Crippen LogP contribution >= 0.6 is 0 Å². The van der Waals surface area contributed by atoms with Gasteiger partial charge in [-0.25, -0.2) is 4.58 Å². The molecule has 1 heterocycles. The molecular formula is C27H20F2N3O5+. The van der Waals surface area contributed by atoms with E-state index in [-0.39, 0.29) is 11.3 Å². The second-order valence-corrected chi connectivity index (χ2v) is 8.28. The molecule has 1 aliphatic carbocycles. The zero-order valence-electron chi connectivity index (χ0n) is 19.7. The van der Waals surface area contributed by atoms with Crippen LogP contribution < -0.4 is 0 Å². The lowest BCUT2D eigenvalue weighted by molar-refractivity contribution is -0.462. The van der Waals surface area contributed by atoms with Crippen molar-refractivity contribution in [3.05, 3.63) is 139 Å². The number of nitro groups is 2. The summed E-state index contributed by atoms with van der Waals surface area (Å²) in [7, 11) is 3.85. The Bertz CT molecular complexity index is 1520. The third kappa shape index (κ3) is 5.64. The van der Waals surface area contributed by atoms with Crippen molar-refractivity contribution in [2.75, 3.05) is 14.1 Å². The van der Waals surface area contributed by atoms with Crippen molar-refractivity contribution in [2.24, 2.45) is 0 Å². The van der Waals surface area contributed by atoms with E-state index in [0.29, 0.717) is 16.9 Å². The second kappa shape index (κ2) is 10.3. The summed E-state index contributed by atoms with van der Waals surface area (Å²) in [5, 5.41) is 22.5. The molecule has 186 valence electrons. The van der Waals surface area contributed by atoms with E-state index < -0.39 is 32.9 Å². The van der Waals surface area contributed by atoms with Gasteiger partial charge in [-0.05, 0) is 65.3 Å². The van der Waals surface area contributed by atoms with E-state index >= 15 is 0 Å². The molecule has 0 spiro atoms. The van der Waals surface area contributed by atoms with Gasteiger partial charge in [0.25, 0.3) is 0 Å². The van der Waals surface area contributed by atoms with Crippen LogP contribution in [-0.4, -0.2) is 34.2 Å². The van der Waals surface area contributed by atoms with Crippen molar-refractivity contribution in [3.63, 3.8) is 0 Å². The van der Waals surface area contributed by atoms with Crippen LogP contribution in [0, 0.1) is 31.9 Å². The minimum Gasteiger partial charge on any atom is -0.457 e. The summed E-state index contributed by atoms with van der Waals surface area (Å²) in [5.74, 6) is -1.52. The molecule has 2 aromatic carbocycles. The maximum absolute atomic E-state index is 13.9. The highest BCUT2D eigenvalue weighted by Crippen LogP contribution is 2.35. The Hall–Kier alpha value is -4.99. The fraction of sp³-hybridized carbons (Fsp3) is 0.0741. The SMILES string of the molecule is C[N+](C)=C1C=CC(=CC=C2C=C(c3ccc(F)c([N+](=O)[O-])c3)C=C(c3ccc(F)c([N+](=O)[O-])c3)O2)C=C1. The summed E-state index contributed by atoms with van der Waals surface area (Å²) in [5.41, 5.74) is 1.43. The number of halogens is 2. The van der Waals surface area contributed by atoms with Crippen LogP contribution in [0.25, 0.3) is 11.3 Å². The topological polar surface area (TPSA) is 98.5 Å². The quantitative estimate of drug-likeness (QED) is 0.287. The van der Waals surface area contributed by atoms with Crippen molar-refractivity contribution >= 4 is 28.4 Å². The van der Waals surface area contributed by atoms with Gasteiger partial charge in [0, 0.05) is 29.8 Å². The largest absolute Gasteiger partial charge is 0.457 e. The molecule has 0 N–H and O–H groups in total. The van der Waals surface area contributed by atoms with E-state index in [2.05, 4.69) is 0 Å². The minimum atomic E-state index is -1.000. The number of benzene rings is 2. The summed E-state index contributed by atoms with van der Waals surface area (Å²) in [6, 6.07) is 6.78. The zero-order valence-corrected chi connectivity index (χ0v) is 19.7. The summed E-state index contributed by atoms with van der Waals surface area (Å²) in [6.45, 7) is 0. The number of allylic oxidation sites excluding steroid dienone is 10. The summed E-state index contributed by atoms with van der Waals surface area (Å²) in [4.78, 5) is 20.8. The van der Waals surface area contributed by atoms with Crippen LogP contribution in [0.5, 0.6) is 0 Å². The third-order valence-corrected chi connectivity index (χ3v) is 5.57. The van der Waals surface area contributed by atoms with Crippen LogP contribution in [0.1, 0.15) is 11.1 Å². The summed E-state index contributed by atoms with van der Waals surface area (Å²) < 4.78 is 35.7. The highest BCUT2D eigenvalue weighted by atomic mass is 19.1. The molecule has 37 heavy (non-hydrogen) atoms. The van der Waals surface area contributed by atoms with Gasteiger partial charge in [0.2, 0.25) is 11.6 Å². The van der Waals surface area contributed by atoms with E-state index in [0.717, 1.165) is 35.6 Å². The van der Waals surface area contributed by atoms with E-state index in [9.17, 15) is 29.0 Å². The van der Waals surface area contributed by atoms with Gasteiger partial charge in [-0.2, -0.15) is 8.78 Å². The van der Waals surface area contributed by atoms with Crippen molar-refractivity contribution in [1.29, 1.82) is 0 Å². The fourth-order valence-corrected chi connectivity index (χ4v) is 3.61. The van der Waals surface area contributed by atoms with Gasteiger partial charge in [0.15, 0.2) is 5.71 Å². The first-order chi connectivity index (χ1) is 17.6. The Morgan fingerprint density at radius 1 is 0.784 bits per heavy atom. The average Bonchev–Trinajstić information content (AvgIpc) is 2.87. The van der Waals surface area contributed by atoms with Crippen molar-refractivity contribution in [3.8, 4) is 0 Å². The molecule has 2 aliphatic rings. The highest BCUT2D eigenvalue weighted by Gasteiger charge is 2.21. The first-order valence-electron chi connectivity index (χ1n) is 10.9. The standard InChI is InChI=1S/C27H20F2N3O5/c1-30(2)21-8-3-17(4-9-21)5-10-22-13-20(18-6-11-23(28)25(14-18)31(33)34)16-27(37-22)19-7-12-24(29)26(15-19)32(35)36/h3-16H,1-2H3/q+1. The second-order valence-electron chi connectivity index (χ2n) is 8.28. The maximum Gasteiger partial charge on any atom is 0.305 e.